The highest BCUT2D eigenvalue weighted by molar-refractivity contribution is 5.24. The maximum atomic E-state index is 2.30. The minimum absolute atomic E-state index is 0.661. The van der Waals surface area contributed by atoms with Crippen LogP contribution >= 0.6 is 0 Å². The minimum atomic E-state index is 0.661. The molecule has 0 aliphatic heterocycles. The summed E-state index contributed by atoms with van der Waals surface area (Å²) in [5.41, 5.74) is 2.96. The predicted octanol–water partition coefficient (Wildman–Crippen LogP) is 7.15. The molecular formula is C23H32. The average Bonchev–Trinajstić information content (AvgIpc) is 2.61. The summed E-state index contributed by atoms with van der Waals surface area (Å²) in [5.74, 6) is 0.661. The number of benzene rings is 2. The van der Waals surface area contributed by atoms with Gasteiger partial charge in [-0.2, -0.15) is 0 Å². The van der Waals surface area contributed by atoms with Gasteiger partial charge in [-0.25, -0.2) is 0 Å². The molecule has 0 spiro atoms. The molecule has 0 fully saturated rings. The Hall–Kier alpha value is -1.56. The second kappa shape index (κ2) is 11.0. The highest BCUT2D eigenvalue weighted by atomic mass is 14.2. The molecule has 0 heterocycles. The van der Waals surface area contributed by atoms with Gasteiger partial charge in [0.15, 0.2) is 0 Å². The Balaban J connectivity index is 1.82. The van der Waals surface area contributed by atoms with Crippen LogP contribution in [0.3, 0.4) is 0 Å². The topological polar surface area (TPSA) is 0 Å². The molecule has 0 bridgehead atoms. The minimum Gasteiger partial charge on any atom is -0.0654 e. The van der Waals surface area contributed by atoms with E-state index in [-0.39, 0.29) is 0 Å². The van der Waals surface area contributed by atoms with E-state index in [0.717, 1.165) is 0 Å². The predicted molar refractivity (Wildman–Crippen MR) is 102 cm³/mol. The number of hydrogen-bond acceptors (Lipinski definition) is 0. The van der Waals surface area contributed by atoms with Gasteiger partial charge in [0, 0.05) is 0 Å². The van der Waals surface area contributed by atoms with Crippen LogP contribution in [0.4, 0.5) is 0 Å². The largest absolute Gasteiger partial charge is 0.0654 e. The monoisotopic (exact) mass is 308 g/mol. The van der Waals surface area contributed by atoms with Gasteiger partial charge in [-0.3, -0.25) is 0 Å². The molecule has 0 N–H and O–H groups in total. The van der Waals surface area contributed by atoms with Crippen LogP contribution in [0.1, 0.15) is 75.3 Å². The van der Waals surface area contributed by atoms with E-state index in [1.54, 1.807) is 0 Å². The molecule has 0 aromatic heterocycles. The Bertz CT molecular complexity index is 500. The molecule has 2 aromatic carbocycles. The van der Waals surface area contributed by atoms with Crippen LogP contribution in [-0.4, -0.2) is 0 Å². The molecule has 0 saturated heterocycles. The summed E-state index contributed by atoms with van der Waals surface area (Å²) in [6.07, 6.45) is 12.2. The van der Waals surface area contributed by atoms with E-state index >= 15 is 0 Å². The van der Waals surface area contributed by atoms with Crippen molar-refractivity contribution in [3.63, 3.8) is 0 Å². The smallest absolute Gasteiger partial charge is 0.0121 e. The van der Waals surface area contributed by atoms with Crippen LogP contribution in [-0.2, 0) is 6.42 Å². The van der Waals surface area contributed by atoms with Crippen molar-refractivity contribution in [3.8, 4) is 0 Å². The normalized spacial score (nSPS) is 12.2. The zero-order valence-electron chi connectivity index (χ0n) is 14.7. The van der Waals surface area contributed by atoms with Gasteiger partial charge in [-0.05, 0) is 29.9 Å². The number of hydrogen-bond donors (Lipinski definition) is 0. The molecule has 0 aliphatic rings. The fraction of sp³-hybridized carbons (Fsp3) is 0.478. The van der Waals surface area contributed by atoms with Crippen LogP contribution in [0.5, 0.6) is 0 Å². The molecule has 0 heteroatoms. The standard InChI is InChI=1S/C23H32/c1-2-3-4-5-6-7-12-19-23(22-17-13-9-14-18-22)20-21-15-10-8-11-16-21/h8-11,13-18,23H,2-7,12,19-20H2,1H3. The quantitative estimate of drug-likeness (QED) is 0.386. The van der Waals surface area contributed by atoms with Gasteiger partial charge < -0.3 is 0 Å². The van der Waals surface area contributed by atoms with Crippen molar-refractivity contribution >= 4 is 0 Å². The fourth-order valence-electron chi connectivity index (χ4n) is 3.36. The molecule has 2 aromatic rings. The van der Waals surface area contributed by atoms with Crippen LogP contribution in [0.25, 0.3) is 0 Å². The van der Waals surface area contributed by atoms with Gasteiger partial charge in [0.2, 0.25) is 0 Å². The number of unbranched alkanes of at least 4 members (excludes halogenated alkanes) is 6. The zero-order chi connectivity index (χ0) is 16.2. The summed E-state index contributed by atoms with van der Waals surface area (Å²) in [5, 5.41) is 0. The van der Waals surface area contributed by atoms with E-state index < -0.39 is 0 Å². The molecule has 1 atom stereocenters. The van der Waals surface area contributed by atoms with Crippen LogP contribution in [0.15, 0.2) is 60.7 Å². The van der Waals surface area contributed by atoms with Crippen molar-refractivity contribution in [3.05, 3.63) is 71.8 Å². The summed E-state index contributed by atoms with van der Waals surface area (Å²) < 4.78 is 0. The highest BCUT2D eigenvalue weighted by Gasteiger charge is 2.11. The van der Waals surface area contributed by atoms with Crippen LogP contribution in [0.2, 0.25) is 0 Å². The van der Waals surface area contributed by atoms with E-state index in [4.69, 9.17) is 0 Å². The van der Waals surface area contributed by atoms with Crippen molar-refractivity contribution < 1.29 is 0 Å². The van der Waals surface area contributed by atoms with E-state index in [1.807, 2.05) is 0 Å². The maximum absolute atomic E-state index is 2.30. The molecule has 23 heavy (non-hydrogen) atoms. The summed E-state index contributed by atoms with van der Waals surface area (Å²) in [6.45, 7) is 2.29. The summed E-state index contributed by atoms with van der Waals surface area (Å²) in [4.78, 5) is 0. The second-order valence-electron chi connectivity index (χ2n) is 6.71. The van der Waals surface area contributed by atoms with Crippen molar-refractivity contribution in [1.29, 1.82) is 0 Å². The highest BCUT2D eigenvalue weighted by Crippen LogP contribution is 2.27. The lowest BCUT2D eigenvalue weighted by Gasteiger charge is -2.18. The third-order valence-corrected chi connectivity index (χ3v) is 4.75. The Morgan fingerprint density at radius 3 is 1.87 bits per heavy atom. The van der Waals surface area contributed by atoms with Gasteiger partial charge in [0.25, 0.3) is 0 Å². The van der Waals surface area contributed by atoms with Gasteiger partial charge in [-0.1, -0.05) is 113 Å². The SMILES string of the molecule is CCCCCCCCCC(Cc1ccccc1)c1ccccc1. The van der Waals surface area contributed by atoms with Crippen molar-refractivity contribution in [1.82, 2.24) is 0 Å². The molecule has 0 radical (unpaired) electrons. The zero-order valence-corrected chi connectivity index (χ0v) is 14.7. The Labute approximate surface area is 143 Å². The number of rotatable bonds is 11. The molecular weight excluding hydrogens is 276 g/mol. The molecule has 124 valence electrons. The maximum Gasteiger partial charge on any atom is -0.0121 e. The van der Waals surface area contributed by atoms with Crippen molar-refractivity contribution in [2.45, 2.75) is 70.6 Å². The van der Waals surface area contributed by atoms with Gasteiger partial charge in [-0.15, -0.1) is 0 Å². The third-order valence-electron chi connectivity index (χ3n) is 4.75. The first-order valence-electron chi connectivity index (χ1n) is 9.49. The molecule has 0 nitrogen and oxygen atoms in total. The average molecular weight is 309 g/mol. The van der Waals surface area contributed by atoms with Gasteiger partial charge >= 0.3 is 0 Å². The van der Waals surface area contributed by atoms with Gasteiger partial charge in [0.1, 0.15) is 0 Å². The van der Waals surface area contributed by atoms with Gasteiger partial charge in [0.05, 0.1) is 0 Å². The van der Waals surface area contributed by atoms with Crippen LogP contribution < -0.4 is 0 Å². The Morgan fingerprint density at radius 1 is 0.652 bits per heavy atom. The fourth-order valence-corrected chi connectivity index (χ4v) is 3.36. The van der Waals surface area contributed by atoms with Crippen molar-refractivity contribution in [2.24, 2.45) is 0 Å². The lowest BCUT2D eigenvalue weighted by molar-refractivity contribution is 0.531. The van der Waals surface area contributed by atoms with E-state index in [2.05, 4.69) is 67.6 Å². The molecule has 0 aliphatic carbocycles. The molecule has 0 amide bonds. The first-order valence-corrected chi connectivity index (χ1v) is 9.49. The molecule has 1 unspecified atom stereocenters. The second-order valence-corrected chi connectivity index (χ2v) is 6.71. The first kappa shape index (κ1) is 17.8. The van der Waals surface area contributed by atoms with Crippen molar-refractivity contribution in [2.75, 3.05) is 0 Å². The lowest BCUT2D eigenvalue weighted by atomic mass is 9.87. The van der Waals surface area contributed by atoms with Crippen LogP contribution in [0, 0.1) is 0 Å². The molecule has 2 rings (SSSR count). The van der Waals surface area contributed by atoms with E-state index in [1.165, 1.54) is 68.9 Å². The lowest BCUT2D eigenvalue weighted by Crippen LogP contribution is -2.03. The first-order chi connectivity index (χ1) is 11.4. The summed E-state index contributed by atoms with van der Waals surface area (Å²) in [7, 11) is 0. The Morgan fingerprint density at radius 2 is 1.22 bits per heavy atom. The van der Waals surface area contributed by atoms with E-state index in [0.29, 0.717) is 5.92 Å². The van der Waals surface area contributed by atoms with E-state index in [9.17, 15) is 0 Å². The Kier molecular flexibility index (Phi) is 8.55. The summed E-state index contributed by atoms with van der Waals surface area (Å²) >= 11 is 0. The third kappa shape index (κ3) is 7.03. The summed E-state index contributed by atoms with van der Waals surface area (Å²) in [6, 6.07) is 22.0. The molecule has 0 saturated carbocycles.